The highest BCUT2D eigenvalue weighted by molar-refractivity contribution is 9.10. The average Bonchev–Trinajstić information content (AvgIpc) is 2.88. The fraction of sp³-hybridized carbons (Fsp3) is 0.0714. The van der Waals surface area contributed by atoms with Gasteiger partial charge < -0.3 is 5.73 Å². The summed E-state index contributed by atoms with van der Waals surface area (Å²) in [6, 6.07) is 14.3. The van der Waals surface area contributed by atoms with E-state index >= 15 is 0 Å². The van der Waals surface area contributed by atoms with Gasteiger partial charge in [-0.25, -0.2) is 4.68 Å². The molecule has 90 valence electrons. The lowest BCUT2D eigenvalue weighted by molar-refractivity contribution is 0.838. The minimum absolute atomic E-state index is 0.460. The maximum atomic E-state index is 5.59. The second kappa shape index (κ2) is 4.55. The number of rotatable bonds is 2. The number of nitrogens with two attached hydrogens (primary N) is 1. The van der Waals surface area contributed by atoms with E-state index in [0.717, 1.165) is 15.9 Å². The number of halogens is 1. The Balaban J connectivity index is 2.26. The van der Waals surface area contributed by atoms with E-state index in [4.69, 9.17) is 5.73 Å². The van der Waals surface area contributed by atoms with Crippen molar-refractivity contribution in [1.29, 1.82) is 0 Å². The van der Waals surface area contributed by atoms with Gasteiger partial charge in [-0.1, -0.05) is 40.2 Å². The molecule has 3 aromatic rings. The number of aromatic nitrogens is 2. The van der Waals surface area contributed by atoms with Crippen molar-refractivity contribution in [3.05, 3.63) is 58.8 Å². The van der Waals surface area contributed by atoms with Crippen LogP contribution in [0.4, 0.5) is 0 Å². The molecule has 1 heterocycles. The van der Waals surface area contributed by atoms with Crippen LogP contribution in [0.15, 0.2) is 53.1 Å². The van der Waals surface area contributed by atoms with E-state index < -0.39 is 0 Å². The number of hydrogen-bond donors (Lipinski definition) is 1. The second-order valence-corrected chi connectivity index (χ2v) is 4.92. The fourth-order valence-electron chi connectivity index (χ4n) is 2.05. The van der Waals surface area contributed by atoms with Gasteiger partial charge in [0, 0.05) is 22.6 Å². The molecule has 0 bridgehead atoms. The molecule has 2 aromatic carbocycles. The summed E-state index contributed by atoms with van der Waals surface area (Å²) in [6.07, 6.45) is 1.94. The zero-order valence-electron chi connectivity index (χ0n) is 9.68. The third-order valence-corrected chi connectivity index (χ3v) is 3.64. The summed E-state index contributed by atoms with van der Waals surface area (Å²) in [5, 5.41) is 6.80. The summed E-state index contributed by atoms with van der Waals surface area (Å²) in [7, 11) is 0. The molecule has 0 atom stereocenters. The molecule has 2 N–H and O–H groups in total. The van der Waals surface area contributed by atoms with E-state index in [1.54, 1.807) is 0 Å². The normalized spacial score (nSPS) is 11.0. The van der Waals surface area contributed by atoms with Gasteiger partial charge in [-0.2, -0.15) is 5.10 Å². The highest BCUT2D eigenvalue weighted by Gasteiger charge is 2.06. The van der Waals surface area contributed by atoms with Crippen LogP contribution < -0.4 is 5.73 Å². The Morgan fingerprint density at radius 3 is 2.56 bits per heavy atom. The van der Waals surface area contributed by atoms with Crippen molar-refractivity contribution in [2.45, 2.75) is 6.54 Å². The maximum Gasteiger partial charge on any atom is 0.0764 e. The van der Waals surface area contributed by atoms with E-state index in [0.29, 0.717) is 6.54 Å². The van der Waals surface area contributed by atoms with Gasteiger partial charge in [0.25, 0.3) is 0 Å². The number of benzene rings is 2. The number of nitrogens with zero attached hydrogens (tertiary/aromatic N) is 2. The van der Waals surface area contributed by atoms with E-state index in [9.17, 15) is 0 Å². The Kier molecular flexibility index (Phi) is 2.89. The molecule has 0 spiro atoms. The molecule has 0 aliphatic heterocycles. The molecule has 0 saturated heterocycles. The van der Waals surface area contributed by atoms with Crippen LogP contribution in [0.25, 0.3) is 16.5 Å². The van der Waals surface area contributed by atoms with Crippen LogP contribution in [-0.4, -0.2) is 9.78 Å². The predicted molar refractivity (Wildman–Crippen MR) is 76.7 cm³/mol. The van der Waals surface area contributed by atoms with Crippen LogP contribution >= 0.6 is 15.9 Å². The minimum atomic E-state index is 0.460. The minimum Gasteiger partial charge on any atom is -0.325 e. The van der Waals surface area contributed by atoms with Gasteiger partial charge in [0.15, 0.2) is 0 Å². The second-order valence-electron chi connectivity index (χ2n) is 4.07. The summed E-state index contributed by atoms with van der Waals surface area (Å²) in [4.78, 5) is 0. The van der Waals surface area contributed by atoms with Crippen LogP contribution in [0.3, 0.4) is 0 Å². The molecule has 0 aliphatic rings. The SMILES string of the molecule is NCc1ccn(-c2ccc(Br)c3ccccc23)n1. The van der Waals surface area contributed by atoms with Crippen LogP contribution in [0.5, 0.6) is 0 Å². The lowest BCUT2D eigenvalue weighted by Crippen LogP contribution is -2.01. The van der Waals surface area contributed by atoms with Gasteiger partial charge in [0.1, 0.15) is 0 Å². The van der Waals surface area contributed by atoms with Crippen molar-refractivity contribution < 1.29 is 0 Å². The highest BCUT2D eigenvalue weighted by Crippen LogP contribution is 2.28. The Morgan fingerprint density at radius 2 is 1.83 bits per heavy atom. The Hall–Kier alpha value is -1.65. The van der Waals surface area contributed by atoms with E-state index in [2.05, 4.69) is 39.2 Å². The Bertz CT molecular complexity index is 703. The summed E-state index contributed by atoms with van der Waals surface area (Å²) in [6.45, 7) is 0.460. The van der Waals surface area contributed by atoms with Crippen LogP contribution in [0.1, 0.15) is 5.69 Å². The molecule has 18 heavy (non-hydrogen) atoms. The fourth-order valence-corrected chi connectivity index (χ4v) is 2.53. The van der Waals surface area contributed by atoms with Crippen molar-refractivity contribution in [1.82, 2.24) is 9.78 Å². The zero-order chi connectivity index (χ0) is 12.5. The molecule has 0 saturated carbocycles. The van der Waals surface area contributed by atoms with Crippen molar-refractivity contribution in [2.24, 2.45) is 5.73 Å². The standard InChI is InChI=1S/C14H12BrN3/c15-13-5-6-14(12-4-2-1-3-11(12)13)18-8-7-10(9-16)17-18/h1-8H,9,16H2. The van der Waals surface area contributed by atoms with E-state index in [1.807, 2.05) is 35.1 Å². The third kappa shape index (κ3) is 1.83. The lowest BCUT2D eigenvalue weighted by Gasteiger charge is -2.08. The monoisotopic (exact) mass is 301 g/mol. The van der Waals surface area contributed by atoms with E-state index in [1.165, 1.54) is 10.8 Å². The highest BCUT2D eigenvalue weighted by atomic mass is 79.9. The van der Waals surface area contributed by atoms with Gasteiger partial charge in [0.2, 0.25) is 0 Å². The zero-order valence-corrected chi connectivity index (χ0v) is 11.3. The molecule has 3 rings (SSSR count). The lowest BCUT2D eigenvalue weighted by atomic mass is 10.1. The summed E-state index contributed by atoms with van der Waals surface area (Å²) < 4.78 is 2.96. The van der Waals surface area contributed by atoms with Crippen molar-refractivity contribution >= 4 is 26.7 Å². The van der Waals surface area contributed by atoms with Crippen molar-refractivity contribution in [2.75, 3.05) is 0 Å². The number of hydrogen-bond acceptors (Lipinski definition) is 2. The van der Waals surface area contributed by atoms with Gasteiger partial charge in [0.05, 0.1) is 11.4 Å². The first kappa shape index (κ1) is 11.4. The summed E-state index contributed by atoms with van der Waals surface area (Å²) in [5.41, 5.74) is 7.55. The predicted octanol–water partition coefficient (Wildman–Crippen LogP) is 3.25. The molecule has 4 heteroatoms. The van der Waals surface area contributed by atoms with Gasteiger partial charge >= 0.3 is 0 Å². The maximum absolute atomic E-state index is 5.59. The Morgan fingerprint density at radius 1 is 1.06 bits per heavy atom. The van der Waals surface area contributed by atoms with Crippen molar-refractivity contribution in [3.63, 3.8) is 0 Å². The van der Waals surface area contributed by atoms with Crippen molar-refractivity contribution in [3.8, 4) is 5.69 Å². The van der Waals surface area contributed by atoms with Gasteiger partial charge in [-0.3, -0.25) is 0 Å². The molecule has 0 amide bonds. The first-order valence-corrected chi connectivity index (χ1v) is 6.51. The van der Waals surface area contributed by atoms with Gasteiger partial charge in [-0.15, -0.1) is 0 Å². The quantitative estimate of drug-likeness (QED) is 0.789. The smallest absolute Gasteiger partial charge is 0.0764 e. The Labute approximate surface area is 113 Å². The number of fused-ring (bicyclic) bond motifs is 1. The molecular formula is C14H12BrN3. The van der Waals surface area contributed by atoms with Crippen LogP contribution in [0.2, 0.25) is 0 Å². The van der Waals surface area contributed by atoms with Crippen LogP contribution in [0, 0.1) is 0 Å². The molecule has 0 radical (unpaired) electrons. The first-order chi connectivity index (χ1) is 8.79. The molecule has 0 fully saturated rings. The summed E-state index contributed by atoms with van der Waals surface area (Å²) >= 11 is 3.57. The largest absolute Gasteiger partial charge is 0.325 e. The van der Waals surface area contributed by atoms with E-state index in [-0.39, 0.29) is 0 Å². The summed E-state index contributed by atoms with van der Waals surface area (Å²) in [5.74, 6) is 0. The molecule has 0 aliphatic carbocycles. The molecular weight excluding hydrogens is 290 g/mol. The molecule has 3 nitrogen and oxygen atoms in total. The molecule has 0 unspecified atom stereocenters. The topological polar surface area (TPSA) is 43.8 Å². The average molecular weight is 302 g/mol. The third-order valence-electron chi connectivity index (χ3n) is 2.95. The first-order valence-electron chi connectivity index (χ1n) is 5.72. The molecule has 1 aromatic heterocycles. The van der Waals surface area contributed by atoms with Crippen LogP contribution in [-0.2, 0) is 6.54 Å². The van der Waals surface area contributed by atoms with Gasteiger partial charge in [-0.05, 0) is 23.6 Å².